The van der Waals surface area contributed by atoms with Crippen LogP contribution in [0.5, 0.6) is 0 Å². The maximum Gasteiger partial charge on any atom is 0.252 e. The summed E-state index contributed by atoms with van der Waals surface area (Å²) in [4.78, 5) is 8.51. The third-order valence-corrected chi connectivity index (χ3v) is 3.47. The number of pyridine rings is 1. The van der Waals surface area contributed by atoms with Gasteiger partial charge in [0.05, 0.1) is 15.9 Å². The van der Waals surface area contributed by atoms with Gasteiger partial charge in [-0.1, -0.05) is 12.1 Å². The summed E-state index contributed by atoms with van der Waals surface area (Å²) in [5.74, 6) is -6.48. The second-order valence-corrected chi connectivity index (χ2v) is 4.81. The normalized spacial score (nSPS) is 11.2. The van der Waals surface area contributed by atoms with Crippen molar-refractivity contribution in [2.24, 2.45) is 0 Å². The number of nitrogens with one attached hydrogen (secondary N) is 1. The topological polar surface area (TPSA) is 41.6 Å². The highest BCUT2D eigenvalue weighted by Gasteiger charge is 2.22. The standard InChI is InChI=1S/C12H5F4N3S/c13-7-9(8(14)11(16)19-10(7)15)20-12-17-5-3-1-2-4-6(5)18-12/h1-4H,(H,17,18). The summed E-state index contributed by atoms with van der Waals surface area (Å²) in [7, 11) is 0. The Morgan fingerprint density at radius 3 is 2.20 bits per heavy atom. The van der Waals surface area contributed by atoms with E-state index in [-0.39, 0.29) is 5.16 Å². The fourth-order valence-electron chi connectivity index (χ4n) is 1.63. The number of aromatic amines is 1. The van der Waals surface area contributed by atoms with E-state index in [4.69, 9.17) is 0 Å². The quantitative estimate of drug-likeness (QED) is 0.580. The molecule has 102 valence electrons. The third kappa shape index (κ3) is 2.11. The van der Waals surface area contributed by atoms with Crippen molar-refractivity contribution in [3.05, 3.63) is 47.8 Å². The Balaban J connectivity index is 2.07. The van der Waals surface area contributed by atoms with Gasteiger partial charge in [-0.05, 0) is 23.9 Å². The van der Waals surface area contributed by atoms with Gasteiger partial charge in [0.15, 0.2) is 16.8 Å². The Bertz CT molecular complexity index is 743. The molecule has 0 atom stereocenters. The lowest BCUT2D eigenvalue weighted by molar-refractivity contribution is 0.383. The van der Waals surface area contributed by atoms with Crippen molar-refractivity contribution < 1.29 is 17.6 Å². The molecule has 0 aliphatic carbocycles. The molecule has 3 aromatic rings. The predicted molar refractivity (Wildman–Crippen MR) is 64.3 cm³/mol. The zero-order valence-electron chi connectivity index (χ0n) is 9.62. The van der Waals surface area contributed by atoms with Gasteiger partial charge in [0.1, 0.15) is 0 Å². The van der Waals surface area contributed by atoms with Crippen LogP contribution >= 0.6 is 11.8 Å². The molecule has 0 amide bonds. The maximum atomic E-state index is 13.5. The monoisotopic (exact) mass is 299 g/mol. The Kier molecular flexibility index (Phi) is 3.09. The lowest BCUT2D eigenvalue weighted by atomic mass is 10.3. The Morgan fingerprint density at radius 1 is 0.900 bits per heavy atom. The fraction of sp³-hybridized carbons (Fsp3) is 0. The smallest absolute Gasteiger partial charge is 0.252 e. The van der Waals surface area contributed by atoms with E-state index in [1.54, 1.807) is 24.3 Å². The van der Waals surface area contributed by atoms with E-state index < -0.39 is 28.4 Å². The number of hydrogen-bond acceptors (Lipinski definition) is 3. The fourth-order valence-corrected chi connectivity index (χ4v) is 2.48. The van der Waals surface area contributed by atoms with Gasteiger partial charge in [-0.15, -0.1) is 0 Å². The lowest BCUT2D eigenvalue weighted by Gasteiger charge is -2.03. The summed E-state index contributed by atoms with van der Waals surface area (Å²) >= 11 is 0.458. The zero-order valence-corrected chi connectivity index (χ0v) is 10.4. The first-order valence-electron chi connectivity index (χ1n) is 5.39. The molecule has 2 heterocycles. The summed E-state index contributed by atoms with van der Waals surface area (Å²) in [5, 5.41) is 0.119. The van der Waals surface area contributed by atoms with Gasteiger partial charge in [-0.25, -0.2) is 13.8 Å². The first-order chi connectivity index (χ1) is 9.56. The van der Waals surface area contributed by atoms with Crippen molar-refractivity contribution in [1.29, 1.82) is 0 Å². The number of benzene rings is 1. The SMILES string of the molecule is Fc1nc(F)c(F)c(Sc2nc3ccccc3[nH]2)c1F. The van der Waals surface area contributed by atoms with Gasteiger partial charge in [0.2, 0.25) is 0 Å². The maximum absolute atomic E-state index is 13.5. The van der Waals surface area contributed by atoms with Crippen molar-refractivity contribution in [2.45, 2.75) is 10.1 Å². The largest absolute Gasteiger partial charge is 0.333 e. The van der Waals surface area contributed by atoms with E-state index in [1.807, 2.05) is 0 Å². The minimum Gasteiger partial charge on any atom is -0.333 e. The van der Waals surface area contributed by atoms with Crippen molar-refractivity contribution in [3.8, 4) is 0 Å². The first-order valence-corrected chi connectivity index (χ1v) is 6.20. The number of imidazole rings is 1. The van der Waals surface area contributed by atoms with Crippen LogP contribution in [0.25, 0.3) is 11.0 Å². The Morgan fingerprint density at radius 2 is 1.55 bits per heavy atom. The van der Waals surface area contributed by atoms with Gasteiger partial charge >= 0.3 is 0 Å². The predicted octanol–water partition coefficient (Wildman–Crippen LogP) is 3.67. The van der Waals surface area contributed by atoms with Crippen LogP contribution in [-0.4, -0.2) is 15.0 Å². The summed E-state index contributed by atoms with van der Waals surface area (Å²) in [6.45, 7) is 0. The summed E-state index contributed by atoms with van der Waals surface area (Å²) in [6.07, 6.45) is 0. The summed E-state index contributed by atoms with van der Waals surface area (Å²) in [6, 6.07) is 6.90. The molecule has 0 saturated carbocycles. The molecule has 2 aromatic heterocycles. The molecule has 3 nitrogen and oxygen atoms in total. The molecule has 8 heteroatoms. The molecule has 0 aliphatic rings. The van der Waals surface area contributed by atoms with E-state index in [1.165, 1.54) is 0 Å². The molecule has 0 unspecified atom stereocenters. The van der Waals surface area contributed by atoms with E-state index >= 15 is 0 Å². The average molecular weight is 299 g/mol. The number of hydrogen-bond donors (Lipinski definition) is 1. The minimum atomic E-state index is -1.69. The van der Waals surface area contributed by atoms with Crippen molar-refractivity contribution >= 4 is 22.8 Å². The molecule has 20 heavy (non-hydrogen) atoms. The number of para-hydroxylation sites is 2. The molecule has 0 fully saturated rings. The number of H-pyrrole nitrogens is 1. The molecular formula is C12H5F4N3S. The van der Waals surface area contributed by atoms with Crippen LogP contribution in [0.2, 0.25) is 0 Å². The number of halogens is 4. The van der Waals surface area contributed by atoms with E-state index in [0.717, 1.165) is 0 Å². The zero-order chi connectivity index (χ0) is 14.3. The summed E-state index contributed by atoms with van der Waals surface area (Å²) in [5.41, 5.74) is 1.22. The second kappa shape index (κ2) is 4.78. The number of nitrogens with zero attached hydrogens (tertiary/aromatic N) is 2. The molecule has 0 aliphatic heterocycles. The van der Waals surface area contributed by atoms with Gasteiger partial charge in [0.25, 0.3) is 11.9 Å². The molecule has 0 bridgehead atoms. The summed E-state index contributed by atoms with van der Waals surface area (Å²) < 4.78 is 52.9. The van der Waals surface area contributed by atoms with Crippen LogP contribution in [0.3, 0.4) is 0 Å². The molecule has 0 radical (unpaired) electrons. The molecule has 0 saturated heterocycles. The number of aromatic nitrogens is 3. The number of fused-ring (bicyclic) bond motifs is 1. The van der Waals surface area contributed by atoms with Gasteiger partial charge < -0.3 is 4.98 Å². The van der Waals surface area contributed by atoms with Crippen LogP contribution in [0.15, 0.2) is 34.3 Å². The molecule has 3 rings (SSSR count). The molecule has 0 spiro atoms. The highest BCUT2D eigenvalue weighted by atomic mass is 32.2. The van der Waals surface area contributed by atoms with Gasteiger partial charge in [-0.3, -0.25) is 0 Å². The first kappa shape index (κ1) is 12.9. The van der Waals surface area contributed by atoms with Crippen LogP contribution in [0.1, 0.15) is 0 Å². The Labute approximate surface area is 114 Å². The van der Waals surface area contributed by atoms with Gasteiger partial charge in [0, 0.05) is 0 Å². The van der Waals surface area contributed by atoms with Crippen molar-refractivity contribution in [2.75, 3.05) is 0 Å². The Hall–Kier alpha value is -2.09. The third-order valence-electron chi connectivity index (χ3n) is 2.52. The molecular weight excluding hydrogens is 294 g/mol. The van der Waals surface area contributed by atoms with Crippen LogP contribution in [-0.2, 0) is 0 Å². The van der Waals surface area contributed by atoms with E-state index in [9.17, 15) is 17.6 Å². The van der Waals surface area contributed by atoms with Crippen molar-refractivity contribution in [1.82, 2.24) is 15.0 Å². The van der Waals surface area contributed by atoms with Crippen LogP contribution in [0.4, 0.5) is 17.6 Å². The lowest BCUT2D eigenvalue weighted by Crippen LogP contribution is -2.02. The van der Waals surface area contributed by atoms with Gasteiger partial charge in [-0.2, -0.15) is 13.8 Å². The van der Waals surface area contributed by atoms with Crippen LogP contribution < -0.4 is 0 Å². The molecule has 1 aromatic carbocycles. The number of rotatable bonds is 2. The van der Waals surface area contributed by atoms with E-state index in [0.29, 0.717) is 22.8 Å². The highest BCUT2D eigenvalue weighted by molar-refractivity contribution is 7.99. The van der Waals surface area contributed by atoms with Crippen LogP contribution in [0, 0.1) is 23.5 Å². The van der Waals surface area contributed by atoms with Crippen molar-refractivity contribution in [3.63, 3.8) is 0 Å². The minimum absolute atomic E-state index is 0.119. The molecule has 1 N–H and O–H groups in total. The van der Waals surface area contributed by atoms with E-state index in [2.05, 4.69) is 15.0 Å². The average Bonchev–Trinajstić information content (AvgIpc) is 2.84. The second-order valence-electron chi connectivity index (χ2n) is 3.81. The highest BCUT2D eigenvalue weighted by Crippen LogP contribution is 2.32.